The second-order valence-corrected chi connectivity index (χ2v) is 6.17. The summed E-state index contributed by atoms with van der Waals surface area (Å²) in [6, 6.07) is 8.69. The summed E-state index contributed by atoms with van der Waals surface area (Å²) < 4.78 is 0. The van der Waals surface area contributed by atoms with Crippen LogP contribution >= 0.6 is 22.9 Å². The minimum atomic E-state index is -0.351. The maximum atomic E-state index is 12.4. The Morgan fingerprint density at radius 1 is 1.22 bits per heavy atom. The van der Waals surface area contributed by atoms with Crippen molar-refractivity contribution in [3.63, 3.8) is 0 Å². The zero-order chi connectivity index (χ0) is 16.2. The fourth-order valence-corrected chi connectivity index (χ4v) is 2.89. The van der Waals surface area contributed by atoms with Crippen molar-refractivity contribution >= 4 is 45.4 Å². The Balaban J connectivity index is 1.83. The third-order valence-corrected chi connectivity index (χ3v) is 3.92. The zero-order valence-electron chi connectivity index (χ0n) is 12.1. The van der Waals surface area contributed by atoms with E-state index in [9.17, 15) is 4.79 Å². The van der Waals surface area contributed by atoms with Crippen LogP contribution in [-0.4, -0.2) is 20.9 Å². The van der Waals surface area contributed by atoms with E-state index >= 15 is 0 Å². The molecule has 0 aliphatic rings. The number of nitrogens with zero attached hydrogens (tertiary/aromatic N) is 3. The van der Waals surface area contributed by atoms with Gasteiger partial charge in [0, 0.05) is 6.20 Å². The molecule has 23 heavy (non-hydrogen) atoms. The molecule has 116 valence electrons. The largest absolute Gasteiger partial charge is 0.344 e. The highest BCUT2D eigenvalue weighted by molar-refractivity contribution is 7.16. The molecule has 3 aromatic rings. The number of carbonyl (C=O) groups is 1. The highest BCUT2D eigenvalue weighted by atomic mass is 35.5. The Hall–Kier alpha value is -2.51. The van der Waals surface area contributed by atoms with Crippen molar-refractivity contribution in [3.05, 3.63) is 58.6 Å². The molecule has 0 aromatic carbocycles. The van der Waals surface area contributed by atoms with Crippen LogP contribution in [0.3, 0.4) is 0 Å². The van der Waals surface area contributed by atoms with Gasteiger partial charge in [-0.2, -0.15) is 0 Å². The van der Waals surface area contributed by atoms with Gasteiger partial charge < -0.3 is 10.6 Å². The van der Waals surface area contributed by atoms with Crippen molar-refractivity contribution in [1.29, 1.82) is 0 Å². The Morgan fingerprint density at radius 2 is 2.09 bits per heavy atom. The van der Waals surface area contributed by atoms with Gasteiger partial charge in [0.1, 0.15) is 16.0 Å². The van der Waals surface area contributed by atoms with E-state index in [-0.39, 0.29) is 5.91 Å². The van der Waals surface area contributed by atoms with Crippen molar-refractivity contribution < 1.29 is 4.79 Å². The fraction of sp³-hybridized carbons (Fsp3) is 0.0667. The summed E-state index contributed by atoms with van der Waals surface area (Å²) in [4.78, 5) is 24.8. The number of halogens is 1. The molecular weight excluding hydrogens is 334 g/mol. The van der Waals surface area contributed by atoms with Gasteiger partial charge in [-0.25, -0.2) is 9.97 Å². The number of hydrogen-bond acceptors (Lipinski definition) is 6. The number of aryl methyl sites for hydroxylation is 1. The van der Waals surface area contributed by atoms with E-state index in [0.717, 1.165) is 10.7 Å². The van der Waals surface area contributed by atoms with E-state index < -0.39 is 0 Å². The number of carbonyl (C=O) groups excluding carboxylic acids is 1. The lowest BCUT2D eigenvalue weighted by molar-refractivity contribution is 0.102. The smallest absolute Gasteiger partial charge is 0.278 e. The minimum Gasteiger partial charge on any atom is -0.344 e. The SMILES string of the molecule is Cc1nc(C(=O)Nc2cccc(Cl)n2)c(Nc2cccnc2)s1. The number of hydrogen-bond donors (Lipinski definition) is 2. The molecule has 2 N–H and O–H groups in total. The lowest BCUT2D eigenvalue weighted by Crippen LogP contribution is -2.15. The highest BCUT2D eigenvalue weighted by Gasteiger charge is 2.18. The molecular formula is C15H12ClN5OS. The average Bonchev–Trinajstić information content (AvgIpc) is 2.89. The maximum absolute atomic E-state index is 12.4. The van der Waals surface area contributed by atoms with Gasteiger partial charge in [0.2, 0.25) is 0 Å². The molecule has 0 saturated heterocycles. The van der Waals surface area contributed by atoms with Crippen molar-refractivity contribution in [2.75, 3.05) is 10.6 Å². The lowest BCUT2D eigenvalue weighted by Gasteiger charge is -2.06. The second kappa shape index (κ2) is 6.72. The Bertz CT molecular complexity index is 837. The van der Waals surface area contributed by atoms with Crippen LogP contribution < -0.4 is 10.6 Å². The normalized spacial score (nSPS) is 10.3. The molecule has 0 atom stereocenters. The highest BCUT2D eigenvalue weighted by Crippen LogP contribution is 2.28. The fourth-order valence-electron chi connectivity index (χ4n) is 1.89. The van der Waals surface area contributed by atoms with E-state index in [4.69, 9.17) is 11.6 Å². The quantitative estimate of drug-likeness (QED) is 0.701. The van der Waals surface area contributed by atoms with Gasteiger partial charge in [-0.15, -0.1) is 11.3 Å². The van der Waals surface area contributed by atoms with Crippen molar-refractivity contribution in [1.82, 2.24) is 15.0 Å². The molecule has 0 saturated carbocycles. The number of aromatic nitrogens is 3. The predicted molar refractivity (Wildman–Crippen MR) is 91.6 cm³/mol. The van der Waals surface area contributed by atoms with E-state index in [1.54, 1.807) is 30.6 Å². The summed E-state index contributed by atoms with van der Waals surface area (Å²) >= 11 is 7.22. The molecule has 3 rings (SSSR count). The maximum Gasteiger partial charge on any atom is 0.278 e. The number of rotatable bonds is 4. The monoisotopic (exact) mass is 345 g/mol. The van der Waals surface area contributed by atoms with E-state index in [1.165, 1.54) is 11.3 Å². The van der Waals surface area contributed by atoms with Crippen molar-refractivity contribution in [2.45, 2.75) is 6.92 Å². The van der Waals surface area contributed by atoms with Crippen LogP contribution in [0.1, 0.15) is 15.5 Å². The van der Waals surface area contributed by atoms with Crippen molar-refractivity contribution in [2.24, 2.45) is 0 Å². The van der Waals surface area contributed by atoms with Crippen LogP contribution in [0.25, 0.3) is 0 Å². The predicted octanol–water partition coefficient (Wildman–Crippen LogP) is 3.89. The molecule has 8 heteroatoms. The molecule has 0 unspecified atom stereocenters. The van der Waals surface area contributed by atoms with Gasteiger partial charge in [-0.3, -0.25) is 9.78 Å². The summed E-state index contributed by atoms with van der Waals surface area (Å²) in [5.74, 6) is 0.0241. The first-order chi connectivity index (χ1) is 11.1. The summed E-state index contributed by atoms with van der Waals surface area (Å²) in [7, 11) is 0. The van der Waals surface area contributed by atoms with Crippen LogP contribution in [-0.2, 0) is 0 Å². The molecule has 3 aromatic heterocycles. The van der Waals surface area contributed by atoms with Gasteiger partial charge in [-0.05, 0) is 31.2 Å². The number of amides is 1. The second-order valence-electron chi connectivity index (χ2n) is 4.58. The first-order valence-corrected chi connectivity index (χ1v) is 7.89. The number of anilines is 3. The topological polar surface area (TPSA) is 79.8 Å². The molecule has 0 bridgehead atoms. The number of pyridine rings is 2. The van der Waals surface area contributed by atoms with Gasteiger partial charge in [0.15, 0.2) is 5.69 Å². The van der Waals surface area contributed by atoms with Crippen LogP contribution in [0.4, 0.5) is 16.5 Å². The molecule has 0 radical (unpaired) electrons. The molecule has 0 spiro atoms. The average molecular weight is 346 g/mol. The van der Waals surface area contributed by atoms with Crippen molar-refractivity contribution in [3.8, 4) is 0 Å². The van der Waals surface area contributed by atoms with Crippen LogP contribution in [0.5, 0.6) is 0 Å². The van der Waals surface area contributed by atoms with E-state index in [2.05, 4.69) is 25.6 Å². The summed E-state index contributed by atoms with van der Waals surface area (Å²) in [6.45, 7) is 1.84. The Morgan fingerprint density at radius 3 is 2.83 bits per heavy atom. The minimum absolute atomic E-state index is 0.304. The van der Waals surface area contributed by atoms with Crippen LogP contribution in [0, 0.1) is 6.92 Å². The molecule has 1 amide bonds. The van der Waals surface area contributed by atoms with Crippen LogP contribution in [0.2, 0.25) is 5.15 Å². The summed E-state index contributed by atoms with van der Waals surface area (Å²) in [5, 5.41) is 7.59. The molecule has 0 aliphatic carbocycles. The number of nitrogens with one attached hydrogen (secondary N) is 2. The van der Waals surface area contributed by atoms with Gasteiger partial charge >= 0.3 is 0 Å². The third-order valence-electron chi connectivity index (χ3n) is 2.83. The number of thiazole rings is 1. The third kappa shape index (κ3) is 3.82. The Labute approximate surface area is 141 Å². The standard InChI is InChI=1S/C15H12ClN5OS/c1-9-18-13(14(22)21-12-6-2-5-11(16)20-12)15(23-9)19-10-4-3-7-17-8-10/h2-8,19H,1H3,(H,20,21,22). The van der Waals surface area contributed by atoms with Gasteiger partial charge in [0.05, 0.1) is 16.9 Å². The summed E-state index contributed by atoms with van der Waals surface area (Å²) in [5.41, 5.74) is 1.09. The van der Waals surface area contributed by atoms with E-state index in [0.29, 0.717) is 21.7 Å². The van der Waals surface area contributed by atoms with Gasteiger partial charge in [-0.1, -0.05) is 17.7 Å². The Kier molecular flexibility index (Phi) is 4.50. The first kappa shape index (κ1) is 15.4. The molecule has 3 heterocycles. The van der Waals surface area contributed by atoms with Crippen LogP contribution in [0.15, 0.2) is 42.7 Å². The molecule has 0 aliphatic heterocycles. The summed E-state index contributed by atoms with van der Waals surface area (Å²) in [6.07, 6.45) is 3.36. The first-order valence-electron chi connectivity index (χ1n) is 6.70. The van der Waals surface area contributed by atoms with E-state index in [1.807, 2.05) is 19.1 Å². The lowest BCUT2D eigenvalue weighted by atomic mass is 10.3. The molecule has 6 nitrogen and oxygen atoms in total. The molecule has 0 fully saturated rings. The van der Waals surface area contributed by atoms with Gasteiger partial charge in [0.25, 0.3) is 5.91 Å². The zero-order valence-corrected chi connectivity index (χ0v) is 13.6.